The van der Waals surface area contributed by atoms with Crippen LogP contribution in [0.2, 0.25) is 5.02 Å². The van der Waals surface area contributed by atoms with E-state index in [1.54, 1.807) is 18.2 Å². The topological polar surface area (TPSA) is 20.2 Å². The molecule has 0 amide bonds. The molecule has 1 atom stereocenters. The van der Waals surface area contributed by atoms with Crippen LogP contribution < -0.4 is 0 Å². The van der Waals surface area contributed by atoms with Crippen molar-refractivity contribution in [1.82, 2.24) is 0 Å². The Balaban J connectivity index is 2.37. The number of aryl methyl sites for hydroxylation is 1. The summed E-state index contributed by atoms with van der Waals surface area (Å²) in [6, 6.07) is 8.37. The highest BCUT2D eigenvalue weighted by atomic mass is 35.5. The van der Waals surface area contributed by atoms with Crippen LogP contribution in [0.1, 0.15) is 22.8 Å². The average Bonchev–Trinajstić information content (AvgIpc) is 2.35. The number of aliphatic hydroxyl groups is 1. The van der Waals surface area contributed by atoms with Crippen LogP contribution in [0.25, 0.3) is 0 Å². The van der Waals surface area contributed by atoms with E-state index in [2.05, 4.69) is 0 Å². The van der Waals surface area contributed by atoms with Crippen molar-refractivity contribution in [3.8, 4) is 0 Å². The Morgan fingerprint density at radius 3 is 2.22 bits per heavy atom. The predicted octanol–water partition coefficient (Wildman–Crippen LogP) is 4.01. The Morgan fingerprint density at radius 2 is 1.61 bits per heavy atom. The smallest absolute Gasteiger partial charge is 0.159 e. The summed E-state index contributed by atoms with van der Waals surface area (Å²) in [5, 5.41) is 10.7. The Labute approximate surface area is 109 Å². The highest BCUT2D eigenvalue weighted by Gasteiger charge is 2.13. The quantitative estimate of drug-likeness (QED) is 0.873. The second-order valence-corrected chi connectivity index (χ2v) is 4.49. The third kappa shape index (κ3) is 2.52. The molecule has 2 aromatic rings. The molecule has 18 heavy (non-hydrogen) atoms. The highest BCUT2D eigenvalue weighted by molar-refractivity contribution is 6.31. The van der Waals surface area contributed by atoms with Crippen LogP contribution in [0.15, 0.2) is 36.4 Å². The molecule has 2 aromatic carbocycles. The third-order valence-electron chi connectivity index (χ3n) is 2.76. The second-order valence-electron chi connectivity index (χ2n) is 4.08. The molecule has 0 radical (unpaired) electrons. The zero-order valence-corrected chi connectivity index (χ0v) is 10.4. The molecular formula is C14H11ClF2O. The summed E-state index contributed by atoms with van der Waals surface area (Å²) in [5.41, 5.74) is 1.70. The molecule has 0 bridgehead atoms. The number of hydrogen-bond donors (Lipinski definition) is 1. The van der Waals surface area contributed by atoms with Crippen LogP contribution in [0.5, 0.6) is 0 Å². The molecule has 94 valence electrons. The fourth-order valence-electron chi connectivity index (χ4n) is 1.71. The lowest BCUT2D eigenvalue weighted by atomic mass is 10.00. The fraction of sp³-hybridized carbons (Fsp3) is 0.143. The van der Waals surface area contributed by atoms with Gasteiger partial charge in [-0.15, -0.1) is 0 Å². The first-order chi connectivity index (χ1) is 8.49. The van der Waals surface area contributed by atoms with E-state index < -0.39 is 17.7 Å². The van der Waals surface area contributed by atoms with E-state index in [0.29, 0.717) is 16.1 Å². The molecule has 0 saturated heterocycles. The largest absolute Gasteiger partial charge is 0.384 e. The number of hydrogen-bond acceptors (Lipinski definition) is 1. The average molecular weight is 269 g/mol. The molecule has 0 aliphatic rings. The maximum absolute atomic E-state index is 13.1. The molecule has 0 aliphatic heterocycles. The van der Waals surface area contributed by atoms with Crippen LogP contribution in [0.4, 0.5) is 8.78 Å². The summed E-state index contributed by atoms with van der Waals surface area (Å²) in [5.74, 6) is -1.91. The number of aliphatic hydroxyl groups excluding tert-OH is 1. The first-order valence-electron chi connectivity index (χ1n) is 5.38. The van der Waals surface area contributed by atoms with Crippen LogP contribution >= 0.6 is 11.6 Å². The zero-order valence-electron chi connectivity index (χ0n) is 9.62. The van der Waals surface area contributed by atoms with E-state index in [9.17, 15) is 13.9 Å². The van der Waals surface area contributed by atoms with Gasteiger partial charge >= 0.3 is 0 Å². The molecule has 1 nitrogen and oxygen atoms in total. The van der Waals surface area contributed by atoms with Gasteiger partial charge in [0.05, 0.1) is 0 Å². The van der Waals surface area contributed by atoms with Gasteiger partial charge in [0.25, 0.3) is 0 Å². The summed E-state index contributed by atoms with van der Waals surface area (Å²) in [6.07, 6.45) is -1.00. The molecule has 2 rings (SSSR count). The SMILES string of the molecule is Cc1cc(C(O)c2ccc(F)c(F)c2)ccc1Cl. The molecule has 0 aromatic heterocycles. The second kappa shape index (κ2) is 5.04. The van der Waals surface area contributed by atoms with Gasteiger partial charge in [-0.05, 0) is 41.8 Å². The van der Waals surface area contributed by atoms with Crippen molar-refractivity contribution in [3.05, 3.63) is 69.7 Å². The molecule has 0 spiro atoms. The molecule has 4 heteroatoms. The Hall–Kier alpha value is -1.45. The Morgan fingerprint density at radius 1 is 1.00 bits per heavy atom. The van der Waals surface area contributed by atoms with E-state index in [1.807, 2.05) is 6.92 Å². The van der Waals surface area contributed by atoms with Gasteiger partial charge < -0.3 is 5.11 Å². The normalized spacial score (nSPS) is 12.5. The summed E-state index contributed by atoms with van der Waals surface area (Å²) < 4.78 is 25.9. The molecule has 0 saturated carbocycles. The van der Waals surface area contributed by atoms with Crippen LogP contribution in [0.3, 0.4) is 0 Å². The monoisotopic (exact) mass is 268 g/mol. The van der Waals surface area contributed by atoms with E-state index in [0.717, 1.165) is 17.7 Å². The number of benzene rings is 2. The summed E-state index contributed by atoms with van der Waals surface area (Å²) in [4.78, 5) is 0. The summed E-state index contributed by atoms with van der Waals surface area (Å²) >= 11 is 5.89. The van der Waals surface area contributed by atoms with Gasteiger partial charge in [-0.25, -0.2) is 8.78 Å². The molecule has 0 fully saturated rings. The van der Waals surface area contributed by atoms with Gasteiger partial charge in [-0.2, -0.15) is 0 Å². The van der Waals surface area contributed by atoms with Gasteiger partial charge in [-0.3, -0.25) is 0 Å². The lowest BCUT2D eigenvalue weighted by Gasteiger charge is -2.13. The van der Waals surface area contributed by atoms with Crippen molar-refractivity contribution in [2.24, 2.45) is 0 Å². The number of halogens is 3. The molecule has 0 heterocycles. The van der Waals surface area contributed by atoms with Crippen molar-refractivity contribution < 1.29 is 13.9 Å². The minimum absolute atomic E-state index is 0.302. The standard InChI is InChI=1S/C14H11ClF2O/c1-8-6-9(2-4-11(8)15)14(18)10-3-5-12(16)13(17)7-10/h2-7,14,18H,1H3. The lowest BCUT2D eigenvalue weighted by Crippen LogP contribution is -2.01. The highest BCUT2D eigenvalue weighted by Crippen LogP contribution is 2.26. The van der Waals surface area contributed by atoms with Crippen molar-refractivity contribution in [3.63, 3.8) is 0 Å². The van der Waals surface area contributed by atoms with Gasteiger partial charge in [-0.1, -0.05) is 29.8 Å². The molecule has 1 N–H and O–H groups in total. The van der Waals surface area contributed by atoms with Crippen molar-refractivity contribution in [2.75, 3.05) is 0 Å². The summed E-state index contributed by atoms with van der Waals surface area (Å²) in [7, 11) is 0. The zero-order chi connectivity index (χ0) is 13.3. The van der Waals surface area contributed by atoms with E-state index >= 15 is 0 Å². The first kappa shape index (κ1) is 13.0. The van der Waals surface area contributed by atoms with E-state index in [4.69, 9.17) is 11.6 Å². The molecule has 1 unspecified atom stereocenters. The van der Waals surface area contributed by atoms with Gasteiger partial charge in [0.15, 0.2) is 11.6 Å². The maximum atomic E-state index is 13.1. The maximum Gasteiger partial charge on any atom is 0.159 e. The van der Waals surface area contributed by atoms with Crippen LogP contribution in [0, 0.1) is 18.6 Å². The minimum Gasteiger partial charge on any atom is -0.384 e. The fourth-order valence-corrected chi connectivity index (χ4v) is 1.83. The number of rotatable bonds is 2. The van der Waals surface area contributed by atoms with Crippen LogP contribution in [-0.4, -0.2) is 5.11 Å². The lowest BCUT2D eigenvalue weighted by molar-refractivity contribution is 0.219. The molecule has 0 aliphatic carbocycles. The third-order valence-corrected chi connectivity index (χ3v) is 3.18. The minimum atomic E-state index is -1.00. The van der Waals surface area contributed by atoms with Gasteiger partial charge in [0.1, 0.15) is 6.10 Å². The summed E-state index contributed by atoms with van der Waals surface area (Å²) in [6.45, 7) is 1.81. The predicted molar refractivity (Wildman–Crippen MR) is 66.6 cm³/mol. The van der Waals surface area contributed by atoms with Gasteiger partial charge in [0, 0.05) is 5.02 Å². The Bertz CT molecular complexity index is 533. The van der Waals surface area contributed by atoms with E-state index in [1.165, 1.54) is 6.07 Å². The van der Waals surface area contributed by atoms with Crippen molar-refractivity contribution in [1.29, 1.82) is 0 Å². The molecular weight excluding hydrogens is 258 g/mol. The van der Waals surface area contributed by atoms with Crippen LogP contribution in [-0.2, 0) is 0 Å². The van der Waals surface area contributed by atoms with Crippen molar-refractivity contribution >= 4 is 11.6 Å². The van der Waals surface area contributed by atoms with E-state index in [-0.39, 0.29) is 0 Å². The Kier molecular flexibility index (Phi) is 3.64. The van der Waals surface area contributed by atoms with Crippen molar-refractivity contribution in [2.45, 2.75) is 13.0 Å². The van der Waals surface area contributed by atoms with Gasteiger partial charge in [0.2, 0.25) is 0 Å². The first-order valence-corrected chi connectivity index (χ1v) is 5.76.